The standard InChI is InChI=1S/C22H22N2O5/c1-3-15(13-8-5-4-6-9-13)23-18-19(21(28)20(18)27)24-16-11-7-10-14(12-17(25)26)22(16)29-2/h4-11,15,23-24H,3,12H2,1-2H3,(H,25,26). The Balaban J connectivity index is 1.91. The number of carboxylic acid groups (broad SMARTS) is 1. The Morgan fingerprint density at radius 2 is 1.72 bits per heavy atom. The van der Waals surface area contributed by atoms with Crippen molar-refractivity contribution < 1.29 is 14.6 Å². The van der Waals surface area contributed by atoms with Gasteiger partial charge in [0.15, 0.2) is 0 Å². The molecule has 150 valence electrons. The van der Waals surface area contributed by atoms with Gasteiger partial charge in [0.2, 0.25) is 0 Å². The van der Waals surface area contributed by atoms with Crippen LogP contribution in [-0.4, -0.2) is 18.2 Å². The van der Waals surface area contributed by atoms with Crippen LogP contribution in [0.2, 0.25) is 0 Å². The van der Waals surface area contributed by atoms with Crippen LogP contribution in [0.15, 0.2) is 58.1 Å². The number of benzene rings is 2. The lowest BCUT2D eigenvalue weighted by Gasteiger charge is -2.22. The van der Waals surface area contributed by atoms with E-state index in [0.717, 1.165) is 12.0 Å². The number of aliphatic carboxylic acids is 1. The molecule has 0 saturated carbocycles. The summed E-state index contributed by atoms with van der Waals surface area (Å²) in [4.78, 5) is 35.5. The van der Waals surface area contributed by atoms with E-state index in [9.17, 15) is 14.4 Å². The van der Waals surface area contributed by atoms with Gasteiger partial charge in [-0.25, -0.2) is 0 Å². The van der Waals surface area contributed by atoms with Crippen LogP contribution >= 0.6 is 0 Å². The summed E-state index contributed by atoms with van der Waals surface area (Å²) in [7, 11) is 1.43. The molecule has 1 atom stereocenters. The summed E-state index contributed by atoms with van der Waals surface area (Å²) in [5, 5.41) is 15.2. The number of carbonyl (C=O) groups is 1. The number of hydrogen-bond acceptors (Lipinski definition) is 6. The quantitative estimate of drug-likeness (QED) is 0.479. The van der Waals surface area contributed by atoms with E-state index in [0.29, 0.717) is 17.0 Å². The molecule has 0 aliphatic carbocycles. The maximum atomic E-state index is 12.2. The molecule has 3 rings (SSSR count). The van der Waals surface area contributed by atoms with Crippen LogP contribution in [-0.2, 0) is 11.2 Å². The minimum absolute atomic E-state index is 0.125. The number of hydrogen-bond donors (Lipinski definition) is 3. The van der Waals surface area contributed by atoms with Crippen molar-refractivity contribution in [3.05, 3.63) is 80.1 Å². The van der Waals surface area contributed by atoms with Crippen molar-refractivity contribution in [1.82, 2.24) is 0 Å². The van der Waals surface area contributed by atoms with Gasteiger partial charge in [0.1, 0.15) is 17.1 Å². The monoisotopic (exact) mass is 394 g/mol. The number of anilines is 3. The molecule has 0 radical (unpaired) electrons. The Morgan fingerprint density at radius 3 is 2.34 bits per heavy atom. The van der Waals surface area contributed by atoms with Gasteiger partial charge in [0.05, 0.1) is 25.3 Å². The SMILES string of the molecule is CCC(Nc1c(Nc2cccc(CC(=O)O)c2OC)c(=O)c1=O)c1ccccc1. The Morgan fingerprint density at radius 1 is 1.03 bits per heavy atom. The number of ether oxygens (including phenoxy) is 1. The molecule has 0 heterocycles. The highest BCUT2D eigenvalue weighted by Crippen LogP contribution is 2.33. The van der Waals surface area contributed by atoms with Crippen LogP contribution in [0.3, 0.4) is 0 Å². The number of methoxy groups -OCH3 is 1. The Labute approximate surface area is 167 Å². The van der Waals surface area contributed by atoms with Crippen LogP contribution in [0.5, 0.6) is 5.75 Å². The van der Waals surface area contributed by atoms with Crippen molar-refractivity contribution in [1.29, 1.82) is 0 Å². The number of para-hydroxylation sites is 1. The van der Waals surface area contributed by atoms with Gasteiger partial charge in [-0.15, -0.1) is 0 Å². The molecule has 0 bridgehead atoms. The minimum atomic E-state index is -0.995. The number of rotatable bonds is 9. The first-order valence-corrected chi connectivity index (χ1v) is 9.25. The fourth-order valence-electron chi connectivity index (χ4n) is 3.29. The second-order valence-electron chi connectivity index (χ2n) is 6.62. The van der Waals surface area contributed by atoms with Crippen molar-refractivity contribution in [2.75, 3.05) is 17.7 Å². The summed E-state index contributed by atoms with van der Waals surface area (Å²) in [5.74, 6) is -0.672. The second kappa shape index (κ2) is 8.60. The molecule has 0 amide bonds. The minimum Gasteiger partial charge on any atom is -0.494 e. The maximum absolute atomic E-state index is 12.2. The van der Waals surface area contributed by atoms with E-state index in [1.807, 2.05) is 37.3 Å². The zero-order valence-electron chi connectivity index (χ0n) is 16.2. The van der Waals surface area contributed by atoms with Crippen LogP contribution in [0.4, 0.5) is 17.1 Å². The smallest absolute Gasteiger partial charge is 0.307 e. The van der Waals surface area contributed by atoms with E-state index >= 15 is 0 Å². The molecule has 7 heteroatoms. The molecule has 3 N–H and O–H groups in total. The lowest BCUT2D eigenvalue weighted by atomic mass is 10.0. The van der Waals surface area contributed by atoms with Gasteiger partial charge in [0, 0.05) is 5.56 Å². The molecule has 1 unspecified atom stereocenters. The lowest BCUT2D eigenvalue weighted by molar-refractivity contribution is -0.136. The third kappa shape index (κ3) is 4.13. The largest absolute Gasteiger partial charge is 0.494 e. The zero-order chi connectivity index (χ0) is 21.0. The molecule has 29 heavy (non-hydrogen) atoms. The third-order valence-corrected chi connectivity index (χ3v) is 4.74. The number of nitrogens with one attached hydrogen (secondary N) is 2. The molecule has 0 spiro atoms. The van der Waals surface area contributed by atoms with Crippen molar-refractivity contribution in [3.8, 4) is 5.75 Å². The van der Waals surface area contributed by atoms with E-state index in [-0.39, 0.29) is 23.8 Å². The van der Waals surface area contributed by atoms with Gasteiger partial charge in [-0.05, 0) is 18.1 Å². The van der Waals surface area contributed by atoms with Crippen LogP contribution in [0, 0.1) is 0 Å². The van der Waals surface area contributed by atoms with Crippen molar-refractivity contribution in [2.45, 2.75) is 25.8 Å². The average molecular weight is 394 g/mol. The Kier molecular flexibility index (Phi) is 5.97. The van der Waals surface area contributed by atoms with E-state index in [1.54, 1.807) is 18.2 Å². The van der Waals surface area contributed by atoms with Crippen molar-refractivity contribution >= 4 is 23.0 Å². The predicted octanol–water partition coefficient (Wildman–Crippen LogP) is 3.23. The molecule has 7 nitrogen and oxygen atoms in total. The summed E-state index contributed by atoms with van der Waals surface area (Å²) in [6.07, 6.45) is 0.501. The highest BCUT2D eigenvalue weighted by Gasteiger charge is 2.25. The fraction of sp³-hybridized carbons (Fsp3) is 0.227. The molecule has 0 fully saturated rings. The van der Waals surface area contributed by atoms with Gasteiger partial charge in [-0.2, -0.15) is 0 Å². The third-order valence-electron chi connectivity index (χ3n) is 4.74. The summed E-state index contributed by atoms with van der Waals surface area (Å²) in [6, 6.07) is 14.5. The predicted molar refractivity (Wildman–Crippen MR) is 112 cm³/mol. The molecule has 0 saturated heterocycles. The second-order valence-corrected chi connectivity index (χ2v) is 6.62. The van der Waals surface area contributed by atoms with Crippen LogP contribution < -0.4 is 26.2 Å². The first kappa shape index (κ1) is 20.1. The molecule has 0 aromatic heterocycles. The van der Waals surface area contributed by atoms with Gasteiger partial charge >= 0.3 is 5.97 Å². The average Bonchev–Trinajstić information content (AvgIpc) is 2.73. The summed E-state index contributed by atoms with van der Waals surface area (Å²) in [6.45, 7) is 1.99. The topological polar surface area (TPSA) is 105 Å². The van der Waals surface area contributed by atoms with Gasteiger partial charge < -0.3 is 20.5 Å². The van der Waals surface area contributed by atoms with E-state index in [1.165, 1.54) is 7.11 Å². The van der Waals surface area contributed by atoms with E-state index in [2.05, 4.69) is 10.6 Å². The maximum Gasteiger partial charge on any atom is 0.307 e. The first-order valence-electron chi connectivity index (χ1n) is 9.25. The highest BCUT2D eigenvalue weighted by molar-refractivity contribution is 5.82. The molecular formula is C22H22N2O5. The lowest BCUT2D eigenvalue weighted by Crippen LogP contribution is -2.37. The summed E-state index contributed by atoms with van der Waals surface area (Å²) in [5.41, 5.74) is 1.06. The summed E-state index contributed by atoms with van der Waals surface area (Å²) >= 11 is 0. The summed E-state index contributed by atoms with van der Waals surface area (Å²) < 4.78 is 5.35. The van der Waals surface area contributed by atoms with Crippen molar-refractivity contribution in [3.63, 3.8) is 0 Å². The number of carboxylic acids is 1. The molecule has 3 aromatic carbocycles. The van der Waals surface area contributed by atoms with Crippen molar-refractivity contribution in [2.24, 2.45) is 0 Å². The first-order chi connectivity index (χ1) is 14.0. The Bertz CT molecular complexity index is 1080. The molecule has 0 aliphatic rings. The molecular weight excluding hydrogens is 372 g/mol. The Hall–Kier alpha value is -3.61. The molecule has 3 aromatic rings. The highest BCUT2D eigenvalue weighted by atomic mass is 16.5. The van der Waals surface area contributed by atoms with E-state index in [4.69, 9.17) is 9.84 Å². The van der Waals surface area contributed by atoms with Crippen LogP contribution in [0.25, 0.3) is 0 Å². The molecule has 0 aliphatic heterocycles. The normalized spacial score (nSPS) is 11.8. The van der Waals surface area contributed by atoms with Gasteiger partial charge in [-0.3, -0.25) is 14.4 Å². The fourth-order valence-corrected chi connectivity index (χ4v) is 3.29. The van der Waals surface area contributed by atoms with Gasteiger partial charge in [-0.1, -0.05) is 49.4 Å². The van der Waals surface area contributed by atoms with Crippen LogP contribution in [0.1, 0.15) is 30.5 Å². The van der Waals surface area contributed by atoms with E-state index < -0.39 is 16.8 Å². The zero-order valence-corrected chi connectivity index (χ0v) is 16.2. The van der Waals surface area contributed by atoms with Gasteiger partial charge in [0.25, 0.3) is 10.9 Å².